The van der Waals surface area contributed by atoms with Gasteiger partial charge in [-0.3, -0.25) is 24.0 Å². The van der Waals surface area contributed by atoms with Gasteiger partial charge in [0.2, 0.25) is 23.6 Å². The van der Waals surface area contributed by atoms with Crippen molar-refractivity contribution in [1.82, 2.24) is 21.3 Å². The number of nitrogens with one attached hydrogen (secondary N) is 4. The molecule has 1 heterocycles. The Labute approximate surface area is 156 Å². The second kappa shape index (κ2) is 10.5. The van der Waals surface area contributed by atoms with E-state index in [0.29, 0.717) is 13.0 Å². The summed E-state index contributed by atoms with van der Waals surface area (Å²) in [5.41, 5.74) is 5.16. The van der Waals surface area contributed by atoms with Crippen molar-refractivity contribution >= 4 is 29.6 Å². The number of primary amides is 1. The van der Waals surface area contributed by atoms with Gasteiger partial charge in [-0.1, -0.05) is 13.8 Å². The molecule has 0 aliphatic carbocycles. The molecule has 11 nitrogen and oxygen atoms in total. The van der Waals surface area contributed by atoms with E-state index in [1.54, 1.807) is 13.8 Å². The summed E-state index contributed by atoms with van der Waals surface area (Å²) in [7, 11) is 0. The van der Waals surface area contributed by atoms with E-state index < -0.39 is 60.7 Å². The van der Waals surface area contributed by atoms with Crippen LogP contribution in [0.2, 0.25) is 0 Å². The molecule has 0 aromatic rings. The van der Waals surface area contributed by atoms with Crippen LogP contribution in [0, 0.1) is 5.92 Å². The second-order valence-corrected chi connectivity index (χ2v) is 6.72. The third-order valence-corrected chi connectivity index (χ3v) is 4.08. The van der Waals surface area contributed by atoms with Crippen molar-refractivity contribution in [3.63, 3.8) is 0 Å². The Morgan fingerprint density at radius 3 is 2.30 bits per heavy atom. The van der Waals surface area contributed by atoms with Crippen molar-refractivity contribution in [2.24, 2.45) is 11.7 Å². The number of carbonyl (C=O) groups is 5. The smallest absolute Gasteiger partial charge is 0.322 e. The van der Waals surface area contributed by atoms with Gasteiger partial charge in [-0.25, -0.2) is 0 Å². The number of carboxylic acid groups (broad SMARTS) is 1. The average Bonchev–Trinajstić information content (AvgIpc) is 3.10. The highest BCUT2D eigenvalue weighted by Gasteiger charge is 2.31. The molecule has 1 fully saturated rings. The molecular formula is C16H27N5O6. The summed E-state index contributed by atoms with van der Waals surface area (Å²) in [6.07, 6.45) is 1.01. The summed E-state index contributed by atoms with van der Waals surface area (Å²) in [5.74, 6) is -4.22. The van der Waals surface area contributed by atoms with Gasteiger partial charge in [0.05, 0.1) is 12.5 Å². The first-order valence-electron chi connectivity index (χ1n) is 8.73. The first kappa shape index (κ1) is 22.4. The predicted molar refractivity (Wildman–Crippen MR) is 94.2 cm³/mol. The van der Waals surface area contributed by atoms with E-state index in [2.05, 4.69) is 21.3 Å². The topological polar surface area (TPSA) is 180 Å². The number of carbonyl (C=O) groups excluding carboxylic acids is 4. The van der Waals surface area contributed by atoms with Crippen LogP contribution < -0.4 is 27.0 Å². The number of carboxylic acids is 1. The van der Waals surface area contributed by atoms with E-state index in [4.69, 9.17) is 10.8 Å². The van der Waals surface area contributed by atoms with Crippen molar-refractivity contribution in [3.05, 3.63) is 0 Å². The molecule has 0 saturated carbocycles. The molecule has 0 aromatic heterocycles. The molecule has 4 amide bonds. The van der Waals surface area contributed by atoms with Crippen molar-refractivity contribution in [3.8, 4) is 0 Å². The van der Waals surface area contributed by atoms with Crippen LogP contribution >= 0.6 is 0 Å². The molecule has 3 atom stereocenters. The van der Waals surface area contributed by atoms with E-state index in [-0.39, 0.29) is 5.92 Å². The average molecular weight is 385 g/mol. The summed E-state index contributed by atoms with van der Waals surface area (Å²) >= 11 is 0. The number of nitrogens with two attached hydrogens (primary N) is 1. The minimum atomic E-state index is -1.23. The zero-order chi connectivity index (χ0) is 20.6. The Hall–Kier alpha value is -2.69. The van der Waals surface area contributed by atoms with Crippen molar-refractivity contribution in [2.45, 2.75) is 51.2 Å². The van der Waals surface area contributed by atoms with E-state index in [0.717, 1.165) is 6.42 Å². The Morgan fingerprint density at radius 1 is 1.15 bits per heavy atom. The van der Waals surface area contributed by atoms with Crippen LogP contribution in [0.1, 0.15) is 33.1 Å². The van der Waals surface area contributed by atoms with Gasteiger partial charge in [-0.2, -0.15) is 0 Å². The Bertz CT molecular complexity index is 588. The molecule has 27 heavy (non-hydrogen) atoms. The van der Waals surface area contributed by atoms with E-state index in [1.165, 1.54) is 0 Å². The molecule has 1 aliphatic heterocycles. The molecule has 0 spiro atoms. The van der Waals surface area contributed by atoms with E-state index >= 15 is 0 Å². The van der Waals surface area contributed by atoms with Gasteiger partial charge in [-0.15, -0.1) is 0 Å². The molecule has 1 rings (SSSR count). The van der Waals surface area contributed by atoms with Crippen LogP contribution in [0.3, 0.4) is 0 Å². The summed E-state index contributed by atoms with van der Waals surface area (Å²) in [4.78, 5) is 58.7. The lowest BCUT2D eigenvalue weighted by molar-refractivity contribution is -0.139. The Morgan fingerprint density at radius 2 is 1.81 bits per heavy atom. The van der Waals surface area contributed by atoms with Crippen LogP contribution in [0.25, 0.3) is 0 Å². The maximum Gasteiger partial charge on any atom is 0.322 e. The maximum absolute atomic E-state index is 12.5. The molecule has 3 unspecified atom stereocenters. The second-order valence-electron chi connectivity index (χ2n) is 6.72. The van der Waals surface area contributed by atoms with Gasteiger partial charge >= 0.3 is 5.97 Å². The van der Waals surface area contributed by atoms with Crippen molar-refractivity contribution < 1.29 is 29.1 Å². The van der Waals surface area contributed by atoms with Gasteiger partial charge in [-0.05, 0) is 25.3 Å². The third-order valence-electron chi connectivity index (χ3n) is 4.08. The van der Waals surface area contributed by atoms with Crippen molar-refractivity contribution in [2.75, 3.05) is 13.1 Å². The van der Waals surface area contributed by atoms with Crippen molar-refractivity contribution in [1.29, 1.82) is 0 Å². The van der Waals surface area contributed by atoms with Gasteiger partial charge in [0, 0.05) is 0 Å². The quantitative estimate of drug-likeness (QED) is 0.239. The lowest BCUT2D eigenvalue weighted by Gasteiger charge is -2.25. The molecule has 1 saturated heterocycles. The van der Waals surface area contributed by atoms with Gasteiger partial charge in [0.15, 0.2) is 0 Å². The number of amides is 4. The molecule has 0 aromatic carbocycles. The van der Waals surface area contributed by atoms with Gasteiger partial charge < -0.3 is 32.1 Å². The number of aliphatic carboxylic acids is 1. The lowest BCUT2D eigenvalue weighted by Crippen LogP contribution is -2.57. The maximum atomic E-state index is 12.5. The SMILES string of the molecule is CC(C)C(NC(=O)C(CC(N)=O)NC(=O)C1CCCN1)C(=O)NCC(=O)O. The first-order valence-corrected chi connectivity index (χ1v) is 8.73. The molecule has 152 valence electrons. The minimum absolute atomic E-state index is 0.357. The largest absolute Gasteiger partial charge is 0.480 e. The Balaban J connectivity index is 2.78. The summed E-state index contributed by atoms with van der Waals surface area (Å²) in [6.45, 7) is 3.42. The molecular weight excluding hydrogens is 358 g/mol. The van der Waals surface area contributed by atoms with Crippen LogP contribution in [-0.2, 0) is 24.0 Å². The normalized spacial score (nSPS) is 18.4. The summed E-state index contributed by atoms with van der Waals surface area (Å²) in [5, 5.41) is 18.8. The van der Waals surface area contributed by atoms with Crippen LogP contribution in [0.5, 0.6) is 0 Å². The highest BCUT2D eigenvalue weighted by Crippen LogP contribution is 2.07. The lowest BCUT2D eigenvalue weighted by atomic mass is 10.0. The zero-order valence-corrected chi connectivity index (χ0v) is 15.4. The zero-order valence-electron chi connectivity index (χ0n) is 15.4. The third kappa shape index (κ3) is 7.60. The molecule has 11 heteroatoms. The fourth-order valence-corrected chi connectivity index (χ4v) is 2.65. The van der Waals surface area contributed by atoms with Gasteiger partial charge in [0.25, 0.3) is 0 Å². The summed E-state index contributed by atoms with van der Waals surface area (Å²) < 4.78 is 0. The van der Waals surface area contributed by atoms with E-state index in [1.807, 2.05) is 0 Å². The summed E-state index contributed by atoms with van der Waals surface area (Å²) in [6, 6.07) is -2.72. The highest BCUT2D eigenvalue weighted by atomic mass is 16.4. The molecule has 0 bridgehead atoms. The number of rotatable bonds is 10. The van der Waals surface area contributed by atoms with Crippen LogP contribution in [0.4, 0.5) is 0 Å². The van der Waals surface area contributed by atoms with Crippen LogP contribution in [-0.4, -0.2) is 65.9 Å². The van der Waals surface area contributed by atoms with E-state index in [9.17, 15) is 24.0 Å². The number of hydrogen-bond donors (Lipinski definition) is 6. The predicted octanol–water partition coefficient (Wildman–Crippen LogP) is -2.56. The first-order chi connectivity index (χ1) is 12.6. The number of hydrogen-bond acceptors (Lipinski definition) is 6. The van der Waals surface area contributed by atoms with Gasteiger partial charge in [0.1, 0.15) is 18.6 Å². The highest BCUT2D eigenvalue weighted by molar-refractivity contribution is 5.96. The fourth-order valence-electron chi connectivity index (χ4n) is 2.65. The molecule has 1 aliphatic rings. The monoisotopic (exact) mass is 385 g/mol. The van der Waals surface area contributed by atoms with Crippen LogP contribution in [0.15, 0.2) is 0 Å². The molecule has 0 radical (unpaired) electrons. The molecule has 7 N–H and O–H groups in total. The fraction of sp³-hybridized carbons (Fsp3) is 0.688. The minimum Gasteiger partial charge on any atom is -0.480 e. The standard InChI is InChI=1S/C16H27N5O6/c1-8(2)13(16(27)19-7-12(23)24)21-15(26)10(6-11(17)22)20-14(25)9-4-3-5-18-9/h8-10,13,18H,3-7H2,1-2H3,(H2,17,22)(H,19,27)(H,20,25)(H,21,26)(H,23,24). The Kier molecular flexibility index (Phi) is 8.66.